The molecule has 21 heavy (non-hydrogen) atoms. The van der Waals surface area contributed by atoms with Crippen molar-refractivity contribution in [2.24, 2.45) is 5.92 Å². The van der Waals surface area contributed by atoms with E-state index >= 15 is 0 Å². The summed E-state index contributed by atoms with van der Waals surface area (Å²) in [5.41, 5.74) is 0.505. The Kier molecular flexibility index (Phi) is 3.91. The minimum atomic E-state index is -0.368. The van der Waals surface area contributed by atoms with Gasteiger partial charge in [0, 0.05) is 30.7 Å². The van der Waals surface area contributed by atoms with Crippen molar-refractivity contribution < 1.29 is 8.78 Å². The van der Waals surface area contributed by atoms with Crippen LogP contribution in [0.1, 0.15) is 39.5 Å². The topological polar surface area (TPSA) is 15.3 Å². The summed E-state index contributed by atoms with van der Waals surface area (Å²) in [5, 5.41) is 3.70. The fourth-order valence-electron chi connectivity index (χ4n) is 3.88. The highest BCUT2D eigenvalue weighted by atomic mass is 19.1. The van der Waals surface area contributed by atoms with E-state index in [1.165, 1.54) is 31.0 Å². The lowest BCUT2D eigenvalue weighted by Crippen LogP contribution is -2.64. The highest BCUT2D eigenvalue weighted by Crippen LogP contribution is 2.37. The van der Waals surface area contributed by atoms with Crippen molar-refractivity contribution in [3.8, 4) is 0 Å². The number of anilines is 1. The quantitative estimate of drug-likeness (QED) is 0.894. The van der Waals surface area contributed by atoms with Crippen molar-refractivity contribution >= 4 is 5.69 Å². The summed E-state index contributed by atoms with van der Waals surface area (Å²) in [4.78, 5) is 2.10. The summed E-state index contributed by atoms with van der Waals surface area (Å²) in [6.07, 6.45) is 4.70. The first-order valence-corrected chi connectivity index (χ1v) is 7.97. The van der Waals surface area contributed by atoms with Gasteiger partial charge >= 0.3 is 0 Å². The molecule has 3 rings (SSSR count). The van der Waals surface area contributed by atoms with E-state index in [1.54, 1.807) is 0 Å². The molecular formula is C17H24F2N2. The Hall–Kier alpha value is -1.16. The van der Waals surface area contributed by atoms with Gasteiger partial charge in [-0.3, -0.25) is 0 Å². The fourth-order valence-corrected chi connectivity index (χ4v) is 3.88. The number of hydrogen-bond donors (Lipinski definition) is 1. The van der Waals surface area contributed by atoms with E-state index in [4.69, 9.17) is 0 Å². The first-order valence-electron chi connectivity index (χ1n) is 7.97. The summed E-state index contributed by atoms with van der Waals surface area (Å²) < 4.78 is 27.8. The smallest absolute Gasteiger partial charge is 0.146 e. The lowest BCUT2D eigenvalue weighted by atomic mass is 9.88. The lowest BCUT2D eigenvalue weighted by Gasteiger charge is -2.49. The van der Waals surface area contributed by atoms with Crippen LogP contribution in [0.25, 0.3) is 0 Å². The normalized spacial score (nSPS) is 25.0. The molecular weight excluding hydrogens is 270 g/mol. The molecule has 116 valence electrons. The average molecular weight is 294 g/mol. The highest BCUT2D eigenvalue weighted by molar-refractivity contribution is 5.50. The van der Waals surface area contributed by atoms with Crippen LogP contribution in [0, 0.1) is 17.6 Å². The SMILES string of the molecule is CC(C)C1CNC2(CCCC2)CN1c1cc(F)ccc1F. The second-order valence-corrected chi connectivity index (χ2v) is 6.90. The number of benzene rings is 1. The predicted octanol–water partition coefficient (Wildman–Crippen LogP) is 3.71. The molecule has 0 radical (unpaired) electrons. The highest BCUT2D eigenvalue weighted by Gasteiger charge is 2.42. The molecule has 1 unspecified atom stereocenters. The largest absolute Gasteiger partial charge is 0.363 e. The molecule has 1 N–H and O–H groups in total. The van der Waals surface area contributed by atoms with Crippen molar-refractivity contribution in [1.82, 2.24) is 5.32 Å². The van der Waals surface area contributed by atoms with Crippen molar-refractivity contribution in [3.05, 3.63) is 29.8 Å². The molecule has 1 atom stereocenters. The van der Waals surface area contributed by atoms with Crippen LogP contribution in [-0.2, 0) is 0 Å². The monoisotopic (exact) mass is 294 g/mol. The van der Waals surface area contributed by atoms with Crippen LogP contribution in [-0.4, -0.2) is 24.7 Å². The molecule has 2 nitrogen and oxygen atoms in total. The Morgan fingerprint density at radius 3 is 2.62 bits per heavy atom. The van der Waals surface area contributed by atoms with E-state index in [0.717, 1.165) is 25.9 Å². The molecule has 1 aromatic carbocycles. The zero-order valence-electron chi connectivity index (χ0n) is 12.8. The molecule has 1 spiro atoms. The minimum Gasteiger partial charge on any atom is -0.363 e. The van der Waals surface area contributed by atoms with E-state index in [2.05, 4.69) is 24.1 Å². The second-order valence-electron chi connectivity index (χ2n) is 6.90. The number of piperazine rings is 1. The van der Waals surface area contributed by atoms with E-state index < -0.39 is 0 Å². The molecule has 1 saturated carbocycles. The summed E-state index contributed by atoms with van der Waals surface area (Å²) in [5.74, 6) is -0.302. The van der Waals surface area contributed by atoms with Gasteiger partial charge in [0.2, 0.25) is 0 Å². The van der Waals surface area contributed by atoms with Gasteiger partial charge in [-0.1, -0.05) is 26.7 Å². The molecule has 2 fully saturated rings. The summed E-state index contributed by atoms with van der Waals surface area (Å²) in [7, 11) is 0. The zero-order chi connectivity index (χ0) is 15.0. The van der Waals surface area contributed by atoms with Gasteiger partial charge in [-0.25, -0.2) is 8.78 Å². The lowest BCUT2D eigenvalue weighted by molar-refractivity contribution is 0.244. The van der Waals surface area contributed by atoms with Gasteiger partial charge in [0.15, 0.2) is 0 Å². The average Bonchev–Trinajstić information content (AvgIpc) is 2.89. The van der Waals surface area contributed by atoms with Gasteiger partial charge < -0.3 is 10.2 Å². The third kappa shape index (κ3) is 2.78. The molecule has 0 bridgehead atoms. The van der Waals surface area contributed by atoms with Crippen molar-refractivity contribution in [3.63, 3.8) is 0 Å². The Morgan fingerprint density at radius 2 is 1.95 bits per heavy atom. The van der Waals surface area contributed by atoms with Crippen LogP contribution in [0.3, 0.4) is 0 Å². The summed E-state index contributed by atoms with van der Waals surface area (Å²) in [6, 6.07) is 3.98. The number of hydrogen-bond acceptors (Lipinski definition) is 2. The minimum absolute atomic E-state index is 0.0874. The standard InChI is InChI=1S/C17H24F2N2/c1-12(2)16-10-20-17(7-3-4-8-17)11-21(16)15-9-13(18)5-6-14(15)19/h5-6,9,12,16,20H,3-4,7-8,10-11H2,1-2H3. The summed E-state index contributed by atoms with van der Waals surface area (Å²) >= 11 is 0. The van der Waals surface area contributed by atoms with Crippen LogP contribution >= 0.6 is 0 Å². The van der Waals surface area contributed by atoms with E-state index in [-0.39, 0.29) is 23.2 Å². The van der Waals surface area contributed by atoms with Crippen LogP contribution in [0.15, 0.2) is 18.2 Å². The Labute approximate surface area is 125 Å². The first-order chi connectivity index (χ1) is 10.0. The Morgan fingerprint density at radius 1 is 1.24 bits per heavy atom. The maximum absolute atomic E-state index is 14.2. The molecule has 0 amide bonds. The first kappa shape index (κ1) is 14.8. The molecule has 1 saturated heterocycles. The van der Waals surface area contributed by atoms with Gasteiger partial charge in [-0.05, 0) is 30.9 Å². The maximum Gasteiger partial charge on any atom is 0.146 e. The van der Waals surface area contributed by atoms with E-state index in [9.17, 15) is 8.78 Å². The maximum atomic E-state index is 14.2. The third-order valence-electron chi connectivity index (χ3n) is 5.11. The fraction of sp³-hybridized carbons (Fsp3) is 0.647. The van der Waals surface area contributed by atoms with Crippen LogP contribution in [0.4, 0.5) is 14.5 Å². The molecule has 1 aliphatic carbocycles. The Balaban J connectivity index is 1.95. The van der Waals surface area contributed by atoms with Crippen molar-refractivity contribution in [2.75, 3.05) is 18.0 Å². The molecule has 4 heteroatoms. The zero-order valence-corrected chi connectivity index (χ0v) is 12.8. The molecule has 2 aliphatic rings. The molecule has 0 aromatic heterocycles. The predicted molar refractivity (Wildman–Crippen MR) is 81.5 cm³/mol. The molecule has 1 heterocycles. The molecule has 1 aliphatic heterocycles. The van der Waals surface area contributed by atoms with Crippen LogP contribution in [0.5, 0.6) is 0 Å². The van der Waals surface area contributed by atoms with Gasteiger partial charge in [0.05, 0.1) is 5.69 Å². The van der Waals surface area contributed by atoms with E-state index in [1.807, 2.05) is 0 Å². The second kappa shape index (κ2) is 5.56. The van der Waals surface area contributed by atoms with Gasteiger partial charge in [0.1, 0.15) is 11.6 Å². The van der Waals surface area contributed by atoms with E-state index in [0.29, 0.717) is 11.6 Å². The third-order valence-corrected chi connectivity index (χ3v) is 5.11. The molecule has 1 aromatic rings. The Bertz CT molecular complexity index is 510. The van der Waals surface area contributed by atoms with Gasteiger partial charge in [-0.2, -0.15) is 0 Å². The number of nitrogens with one attached hydrogen (secondary N) is 1. The number of halogens is 2. The number of rotatable bonds is 2. The summed E-state index contributed by atoms with van der Waals surface area (Å²) in [6.45, 7) is 5.90. The van der Waals surface area contributed by atoms with Crippen molar-refractivity contribution in [2.45, 2.75) is 51.1 Å². The van der Waals surface area contributed by atoms with Gasteiger partial charge in [0.25, 0.3) is 0 Å². The number of nitrogens with zero attached hydrogens (tertiary/aromatic N) is 1. The van der Waals surface area contributed by atoms with Crippen LogP contribution in [0.2, 0.25) is 0 Å². The van der Waals surface area contributed by atoms with Gasteiger partial charge in [-0.15, -0.1) is 0 Å². The van der Waals surface area contributed by atoms with Crippen molar-refractivity contribution in [1.29, 1.82) is 0 Å². The van der Waals surface area contributed by atoms with Crippen LogP contribution < -0.4 is 10.2 Å².